The van der Waals surface area contributed by atoms with E-state index in [0.29, 0.717) is 5.13 Å². The number of thiazole rings is 1. The molecule has 0 unspecified atom stereocenters. The molecule has 0 fully saturated rings. The number of fused-ring (bicyclic) bond motifs is 3. The molecule has 0 saturated carbocycles. The number of benzene rings is 1. The van der Waals surface area contributed by atoms with Gasteiger partial charge in [0.05, 0.1) is 11.4 Å². The van der Waals surface area contributed by atoms with Gasteiger partial charge in [-0.3, -0.25) is 9.59 Å². The number of nitrogens with one attached hydrogen (secondary N) is 1. The smallest absolute Gasteiger partial charge is 0.236 e. The van der Waals surface area contributed by atoms with Crippen molar-refractivity contribution in [3.63, 3.8) is 0 Å². The maximum Gasteiger partial charge on any atom is 0.236 e. The molecule has 2 aromatic rings. The summed E-state index contributed by atoms with van der Waals surface area (Å²) in [5.74, 6) is -0.0505. The van der Waals surface area contributed by atoms with E-state index >= 15 is 0 Å². The summed E-state index contributed by atoms with van der Waals surface area (Å²) in [6.45, 7) is 1.46. The summed E-state index contributed by atoms with van der Waals surface area (Å²) in [6, 6.07) is 8.25. The minimum Gasteiger partial charge on any atom is -0.301 e. The number of aromatic nitrogens is 1. The number of rotatable bonds is 3. The van der Waals surface area contributed by atoms with Crippen molar-refractivity contribution < 1.29 is 9.59 Å². The second-order valence-corrected chi connectivity index (χ2v) is 7.01. The average Bonchev–Trinajstić information content (AvgIpc) is 2.88. The summed E-state index contributed by atoms with van der Waals surface area (Å²) >= 11 is 2.53. The molecule has 0 aliphatic heterocycles. The predicted octanol–water partition coefficient (Wildman–Crippen LogP) is 3.13. The van der Waals surface area contributed by atoms with E-state index in [0.717, 1.165) is 35.9 Å². The molecule has 1 aliphatic rings. The van der Waals surface area contributed by atoms with Crippen molar-refractivity contribution in [2.75, 3.05) is 11.1 Å². The third-order valence-electron chi connectivity index (χ3n) is 3.24. The predicted molar refractivity (Wildman–Crippen MR) is 86.7 cm³/mol. The average molecular weight is 318 g/mol. The van der Waals surface area contributed by atoms with Crippen molar-refractivity contribution in [2.24, 2.45) is 0 Å². The van der Waals surface area contributed by atoms with Crippen LogP contribution in [0.5, 0.6) is 0 Å². The summed E-state index contributed by atoms with van der Waals surface area (Å²) in [7, 11) is 0. The lowest BCUT2D eigenvalue weighted by molar-refractivity contribution is -0.114. The Hall–Kier alpha value is -1.66. The SMILES string of the molecule is CC(=O)SCC(=O)Nc1nc2c(s1)CCc1ccccc1-2. The summed E-state index contributed by atoms with van der Waals surface area (Å²) in [4.78, 5) is 28.4. The molecule has 21 heavy (non-hydrogen) atoms. The molecule has 0 spiro atoms. The summed E-state index contributed by atoms with van der Waals surface area (Å²) in [5.41, 5.74) is 3.45. The van der Waals surface area contributed by atoms with Crippen molar-refractivity contribution in [3.05, 3.63) is 34.7 Å². The third-order valence-corrected chi connectivity index (χ3v) is 5.09. The van der Waals surface area contributed by atoms with Crippen molar-refractivity contribution in [1.82, 2.24) is 4.98 Å². The van der Waals surface area contributed by atoms with E-state index in [4.69, 9.17) is 0 Å². The fourth-order valence-electron chi connectivity index (χ4n) is 2.33. The van der Waals surface area contributed by atoms with Gasteiger partial charge in [-0.1, -0.05) is 36.0 Å². The molecule has 1 aromatic carbocycles. The third kappa shape index (κ3) is 3.16. The summed E-state index contributed by atoms with van der Waals surface area (Å²) in [5, 5.41) is 3.34. The van der Waals surface area contributed by atoms with E-state index in [1.54, 1.807) is 0 Å². The number of thioether (sulfide) groups is 1. The van der Waals surface area contributed by atoms with Gasteiger partial charge >= 0.3 is 0 Å². The van der Waals surface area contributed by atoms with Crippen LogP contribution in [0.4, 0.5) is 5.13 Å². The Morgan fingerprint density at radius 1 is 1.33 bits per heavy atom. The topological polar surface area (TPSA) is 59.1 Å². The molecule has 6 heteroatoms. The van der Waals surface area contributed by atoms with Crippen molar-refractivity contribution in [2.45, 2.75) is 19.8 Å². The minimum atomic E-state index is -0.186. The van der Waals surface area contributed by atoms with E-state index in [9.17, 15) is 9.59 Å². The van der Waals surface area contributed by atoms with E-state index in [1.807, 2.05) is 12.1 Å². The van der Waals surface area contributed by atoms with E-state index in [1.165, 1.54) is 28.7 Å². The highest BCUT2D eigenvalue weighted by atomic mass is 32.2. The molecule has 0 atom stereocenters. The molecular formula is C15H14N2O2S2. The Bertz CT molecular complexity index is 709. The molecule has 1 heterocycles. The van der Waals surface area contributed by atoms with Gasteiger partial charge in [0.1, 0.15) is 0 Å². The first-order valence-corrected chi connectivity index (χ1v) is 8.45. The second-order valence-electron chi connectivity index (χ2n) is 4.78. The normalized spacial score (nSPS) is 12.4. The van der Waals surface area contributed by atoms with Crippen LogP contribution in [0.2, 0.25) is 0 Å². The lowest BCUT2D eigenvalue weighted by atomic mass is 9.94. The minimum absolute atomic E-state index is 0.0579. The Labute approximate surface area is 131 Å². The zero-order valence-corrected chi connectivity index (χ0v) is 13.1. The first-order valence-electron chi connectivity index (χ1n) is 6.64. The molecule has 108 valence electrons. The quantitative estimate of drug-likeness (QED) is 0.944. The number of anilines is 1. The Morgan fingerprint density at radius 3 is 2.95 bits per heavy atom. The van der Waals surface area contributed by atoms with Crippen LogP contribution < -0.4 is 5.32 Å². The van der Waals surface area contributed by atoms with Crippen LogP contribution in [-0.4, -0.2) is 21.8 Å². The van der Waals surface area contributed by atoms with Crippen LogP contribution in [0.15, 0.2) is 24.3 Å². The van der Waals surface area contributed by atoms with Crippen molar-refractivity contribution in [3.8, 4) is 11.3 Å². The molecule has 1 aromatic heterocycles. The highest BCUT2D eigenvalue weighted by molar-refractivity contribution is 8.14. The van der Waals surface area contributed by atoms with E-state index < -0.39 is 0 Å². The Balaban J connectivity index is 1.78. The standard InChI is InChI=1S/C15H14N2O2S2/c1-9(18)20-8-13(19)16-15-17-14-11-5-3-2-4-10(11)6-7-12(14)21-15/h2-5H,6-8H2,1H3,(H,16,17,19). The van der Waals surface area contributed by atoms with Gasteiger partial charge in [0, 0.05) is 17.4 Å². The van der Waals surface area contributed by atoms with Crippen LogP contribution in [-0.2, 0) is 22.4 Å². The number of hydrogen-bond donors (Lipinski definition) is 1. The monoisotopic (exact) mass is 318 g/mol. The lowest BCUT2D eigenvalue weighted by Gasteiger charge is -2.13. The van der Waals surface area contributed by atoms with E-state index in [2.05, 4.69) is 22.4 Å². The number of aryl methyl sites for hydroxylation is 2. The molecule has 4 nitrogen and oxygen atoms in total. The Morgan fingerprint density at radius 2 is 2.14 bits per heavy atom. The van der Waals surface area contributed by atoms with Crippen LogP contribution in [0.1, 0.15) is 17.4 Å². The number of amides is 1. The van der Waals surface area contributed by atoms with Crippen LogP contribution in [0.25, 0.3) is 11.3 Å². The van der Waals surface area contributed by atoms with Crippen LogP contribution >= 0.6 is 23.1 Å². The first-order chi connectivity index (χ1) is 10.1. The summed E-state index contributed by atoms with van der Waals surface area (Å²) < 4.78 is 0. The van der Waals surface area contributed by atoms with Gasteiger partial charge in [-0.25, -0.2) is 4.98 Å². The number of carbonyl (C=O) groups excluding carboxylic acids is 2. The van der Waals surface area contributed by atoms with Crippen LogP contribution in [0.3, 0.4) is 0 Å². The number of hydrogen-bond acceptors (Lipinski definition) is 5. The van der Waals surface area contributed by atoms with Crippen molar-refractivity contribution >= 4 is 39.3 Å². The van der Waals surface area contributed by atoms with Gasteiger partial charge < -0.3 is 5.32 Å². The molecule has 0 bridgehead atoms. The lowest BCUT2D eigenvalue weighted by Crippen LogP contribution is -2.14. The van der Waals surface area contributed by atoms with Crippen molar-refractivity contribution in [1.29, 1.82) is 0 Å². The first kappa shape index (κ1) is 14.3. The molecule has 1 amide bonds. The van der Waals surface area contributed by atoms with Crippen LogP contribution in [0, 0.1) is 0 Å². The summed E-state index contributed by atoms with van der Waals surface area (Å²) in [6.07, 6.45) is 1.97. The molecule has 0 radical (unpaired) electrons. The van der Waals surface area contributed by atoms with Gasteiger partial charge in [0.15, 0.2) is 10.2 Å². The molecule has 3 rings (SSSR count). The zero-order valence-electron chi connectivity index (χ0n) is 11.5. The molecule has 1 N–H and O–H groups in total. The maximum absolute atomic E-state index is 11.8. The number of nitrogens with zero attached hydrogens (tertiary/aromatic N) is 1. The van der Waals surface area contributed by atoms with Gasteiger partial charge in [0.25, 0.3) is 0 Å². The van der Waals surface area contributed by atoms with Gasteiger partial charge in [-0.2, -0.15) is 0 Å². The fraction of sp³-hybridized carbons (Fsp3) is 0.267. The maximum atomic E-state index is 11.8. The number of carbonyl (C=O) groups is 2. The second kappa shape index (κ2) is 5.99. The fourth-order valence-corrected chi connectivity index (χ4v) is 3.72. The highest BCUT2D eigenvalue weighted by Gasteiger charge is 2.21. The van der Waals surface area contributed by atoms with E-state index in [-0.39, 0.29) is 16.8 Å². The Kier molecular flexibility index (Phi) is 4.07. The zero-order chi connectivity index (χ0) is 14.8. The molecular weight excluding hydrogens is 304 g/mol. The largest absolute Gasteiger partial charge is 0.301 e. The van der Waals surface area contributed by atoms with Gasteiger partial charge in [0.2, 0.25) is 5.91 Å². The van der Waals surface area contributed by atoms with Gasteiger partial charge in [-0.15, -0.1) is 11.3 Å². The highest BCUT2D eigenvalue weighted by Crippen LogP contribution is 2.37. The molecule has 1 aliphatic carbocycles. The molecule has 0 saturated heterocycles. The van der Waals surface area contributed by atoms with Gasteiger partial charge in [-0.05, 0) is 18.4 Å².